The summed E-state index contributed by atoms with van der Waals surface area (Å²) in [4.78, 5) is 12.8. The lowest BCUT2D eigenvalue weighted by atomic mass is 10.1. The van der Waals surface area contributed by atoms with Crippen LogP contribution in [0, 0.1) is 19.8 Å². The summed E-state index contributed by atoms with van der Waals surface area (Å²) in [7, 11) is 0. The summed E-state index contributed by atoms with van der Waals surface area (Å²) < 4.78 is 1.96. The van der Waals surface area contributed by atoms with Crippen LogP contribution in [-0.2, 0) is 12.8 Å². The first-order valence-corrected chi connectivity index (χ1v) is 9.40. The van der Waals surface area contributed by atoms with Crippen LogP contribution in [0.25, 0.3) is 5.69 Å². The van der Waals surface area contributed by atoms with Crippen LogP contribution in [0.5, 0.6) is 0 Å². The summed E-state index contributed by atoms with van der Waals surface area (Å²) in [5, 5.41) is 20.7. The zero-order valence-corrected chi connectivity index (χ0v) is 15.4. The molecule has 2 unspecified atom stereocenters. The molecule has 0 spiro atoms. The molecule has 0 radical (unpaired) electrons. The van der Waals surface area contributed by atoms with Crippen molar-refractivity contribution in [3.05, 3.63) is 46.3 Å². The monoisotopic (exact) mass is 354 g/mol. The molecule has 1 aliphatic heterocycles. The van der Waals surface area contributed by atoms with Gasteiger partial charge in [-0.3, -0.25) is 4.79 Å². The summed E-state index contributed by atoms with van der Waals surface area (Å²) in [6.07, 6.45) is 2.52. The lowest BCUT2D eigenvalue weighted by Gasteiger charge is -2.13. The van der Waals surface area contributed by atoms with Gasteiger partial charge >= 0.3 is 0 Å². The molecule has 0 saturated carbocycles. The van der Waals surface area contributed by atoms with Crippen molar-refractivity contribution in [2.45, 2.75) is 39.2 Å². The number of rotatable bonds is 4. The molecule has 2 atom stereocenters. The molecule has 6 nitrogen and oxygen atoms in total. The maximum Gasteiger partial charge on any atom is 0.272 e. The molecule has 0 bridgehead atoms. The minimum atomic E-state index is -0.395. The van der Waals surface area contributed by atoms with Gasteiger partial charge in [0.25, 0.3) is 5.91 Å². The third-order valence-electron chi connectivity index (χ3n) is 5.55. The van der Waals surface area contributed by atoms with E-state index in [0.29, 0.717) is 18.8 Å². The number of fused-ring (bicyclic) bond motifs is 1. The van der Waals surface area contributed by atoms with Gasteiger partial charge in [-0.15, -0.1) is 0 Å². The molecule has 26 heavy (non-hydrogen) atoms. The number of amides is 1. The topological polar surface area (TPSA) is 79.2 Å². The fourth-order valence-corrected chi connectivity index (χ4v) is 4.10. The third-order valence-corrected chi connectivity index (χ3v) is 5.55. The summed E-state index contributed by atoms with van der Waals surface area (Å²) in [5.41, 5.74) is 6.20. The van der Waals surface area contributed by atoms with Crippen molar-refractivity contribution in [3.8, 4) is 5.69 Å². The maximum atomic E-state index is 12.8. The average molecular weight is 354 g/mol. The molecular formula is C20H26N4O2. The van der Waals surface area contributed by atoms with Gasteiger partial charge in [0, 0.05) is 36.8 Å². The Kier molecular flexibility index (Phi) is 4.54. The van der Waals surface area contributed by atoms with Crippen LogP contribution < -0.4 is 10.6 Å². The molecular weight excluding hydrogens is 328 g/mol. The Morgan fingerprint density at radius 3 is 2.92 bits per heavy atom. The van der Waals surface area contributed by atoms with E-state index < -0.39 is 6.10 Å². The number of aryl methyl sites for hydroxylation is 2. The van der Waals surface area contributed by atoms with Crippen LogP contribution in [-0.4, -0.2) is 46.5 Å². The van der Waals surface area contributed by atoms with E-state index in [1.54, 1.807) is 0 Å². The predicted molar refractivity (Wildman–Crippen MR) is 99.8 cm³/mol. The largest absolute Gasteiger partial charge is 0.391 e. The molecule has 1 aromatic heterocycles. The Labute approximate surface area is 153 Å². The Bertz CT molecular complexity index is 843. The van der Waals surface area contributed by atoms with E-state index in [-0.39, 0.29) is 11.8 Å². The fraction of sp³-hybridized carbons (Fsp3) is 0.500. The molecule has 2 heterocycles. The van der Waals surface area contributed by atoms with Crippen LogP contribution in [0.15, 0.2) is 18.2 Å². The Hall–Kier alpha value is -2.18. The van der Waals surface area contributed by atoms with Gasteiger partial charge in [-0.05, 0) is 44.7 Å². The summed E-state index contributed by atoms with van der Waals surface area (Å²) in [6.45, 7) is 5.96. The normalized spacial score (nSPS) is 21.8. The second-order valence-electron chi connectivity index (χ2n) is 7.52. The van der Waals surface area contributed by atoms with Gasteiger partial charge in [0.15, 0.2) is 5.69 Å². The fourth-order valence-electron chi connectivity index (χ4n) is 4.10. The lowest BCUT2D eigenvalue weighted by Crippen LogP contribution is -2.35. The minimum absolute atomic E-state index is 0.0634. The molecule has 1 amide bonds. The first kappa shape index (κ1) is 17.2. The highest BCUT2D eigenvalue weighted by Gasteiger charge is 2.29. The summed E-state index contributed by atoms with van der Waals surface area (Å²) in [6, 6.07) is 6.31. The van der Waals surface area contributed by atoms with Crippen LogP contribution in [0.4, 0.5) is 0 Å². The van der Waals surface area contributed by atoms with Crippen LogP contribution in [0.3, 0.4) is 0 Å². The van der Waals surface area contributed by atoms with Gasteiger partial charge in [0.1, 0.15) is 0 Å². The summed E-state index contributed by atoms with van der Waals surface area (Å²) >= 11 is 0. The number of nitrogens with one attached hydrogen (secondary N) is 2. The van der Waals surface area contributed by atoms with E-state index in [4.69, 9.17) is 0 Å². The van der Waals surface area contributed by atoms with Crippen molar-refractivity contribution in [2.24, 2.45) is 5.92 Å². The van der Waals surface area contributed by atoms with Gasteiger partial charge in [0.2, 0.25) is 0 Å². The molecule has 138 valence electrons. The van der Waals surface area contributed by atoms with Gasteiger partial charge in [0.05, 0.1) is 11.8 Å². The number of aliphatic hydroxyl groups excluding tert-OH is 1. The molecule has 2 aromatic rings. The number of carbonyl (C=O) groups is 1. The number of β-amino-alcohol motifs (C(OH)–C–C–N with tert-alkyl or cyclic N) is 1. The van der Waals surface area contributed by atoms with E-state index >= 15 is 0 Å². The highest BCUT2D eigenvalue weighted by molar-refractivity contribution is 5.94. The molecule has 4 rings (SSSR count). The summed E-state index contributed by atoms with van der Waals surface area (Å²) in [5.74, 6) is -0.0702. The number of nitrogens with zero attached hydrogens (tertiary/aromatic N) is 2. The van der Waals surface area contributed by atoms with Crippen molar-refractivity contribution in [1.29, 1.82) is 0 Å². The lowest BCUT2D eigenvalue weighted by molar-refractivity contribution is 0.0921. The first-order valence-electron chi connectivity index (χ1n) is 9.40. The number of benzene rings is 1. The third kappa shape index (κ3) is 3.04. The Morgan fingerprint density at radius 1 is 1.35 bits per heavy atom. The molecule has 1 aromatic carbocycles. The number of hydrogen-bond acceptors (Lipinski definition) is 4. The first-order chi connectivity index (χ1) is 12.5. The molecule has 1 aliphatic carbocycles. The van der Waals surface area contributed by atoms with Crippen molar-refractivity contribution in [2.75, 3.05) is 19.6 Å². The number of aliphatic hydroxyl groups is 1. The van der Waals surface area contributed by atoms with Gasteiger partial charge in [-0.1, -0.05) is 17.7 Å². The van der Waals surface area contributed by atoms with Crippen LogP contribution >= 0.6 is 0 Å². The van der Waals surface area contributed by atoms with Crippen molar-refractivity contribution in [1.82, 2.24) is 20.4 Å². The highest BCUT2D eigenvalue weighted by Crippen LogP contribution is 2.29. The van der Waals surface area contributed by atoms with Crippen molar-refractivity contribution in [3.63, 3.8) is 0 Å². The molecule has 3 N–H and O–H groups in total. The van der Waals surface area contributed by atoms with E-state index in [2.05, 4.69) is 47.8 Å². The molecule has 1 fully saturated rings. The van der Waals surface area contributed by atoms with E-state index in [0.717, 1.165) is 48.3 Å². The van der Waals surface area contributed by atoms with Gasteiger partial charge in [-0.2, -0.15) is 5.10 Å². The molecule has 2 aliphatic rings. The van der Waals surface area contributed by atoms with E-state index in [1.165, 1.54) is 5.56 Å². The van der Waals surface area contributed by atoms with Gasteiger partial charge in [-0.25, -0.2) is 4.68 Å². The van der Waals surface area contributed by atoms with Crippen molar-refractivity contribution >= 4 is 5.91 Å². The molecule has 1 saturated heterocycles. The van der Waals surface area contributed by atoms with E-state index in [1.807, 2.05) is 4.68 Å². The minimum Gasteiger partial charge on any atom is -0.391 e. The smallest absolute Gasteiger partial charge is 0.272 e. The second-order valence-corrected chi connectivity index (χ2v) is 7.52. The maximum absolute atomic E-state index is 12.8. The molecule has 6 heteroatoms. The SMILES string of the molecule is Cc1ccc(-n2nc(C(=O)NCC3CNCC3O)c3c2CCC3)c(C)c1. The predicted octanol–water partition coefficient (Wildman–Crippen LogP) is 1.29. The average Bonchev–Trinajstić information content (AvgIpc) is 3.30. The Balaban J connectivity index is 1.60. The van der Waals surface area contributed by atoms with E-state index in [9.17, 15) is 9.90 Å². The number of hydrogen-bond donors (Lipinski definition) is 3. The van der Waals surface area contributed by atoms with Crippen LogP contribution in [0.1, 0.15) is 39.3 Å². The number of carbonyl (C=O) groups excluding carboxylic acids is 1. The number of aromatic nitrogens is 2. The highest BCUT2D eigenvalue weighted by atomic mass is 16.3. The standard InChI is InChI=1S/C20H26N4O2/c1-12-6-7-16(13(2)8-12)24-17-5-3-4-15(17)19(23-24)20(26)22-10-14-9-21-11-18(14)25/h6-8,14,18,21,25H,3-5,9-11H2,1-2H3,(H,22,26). The van der Waals surface area contributed by atoms with Crippen LogP contribution in [0.2, 0.25) is 0 Å². The second kappa shape index (κ2) is 6.85. The van der Waals surface area contributed by atoms with Gasteiger partial charge < -0.3 is 15.7 Å². The quantitative estimate of drug-likeness (QED) is 0.773. The van der Waals surface area contributed by atoms with Crippen molar-refractivity contribution < 1.29 is 9.90 Å². The Morgan fingerprint density at radius 2 is 2.19 bits per heavy atom. The zero-order chi connectivity index (χ0) is 18.3. The zero-order valence-electron chi connectivity index (χ0n) is 15.4.